The maximum absolute atomic E-state index is 5.46. The number of hydrogen-bond acceptors (Lipinski definition) is 2. The minimum absolute atomic E-state index is 0.0979. The third kappa shape index (κ3) is 15.7. The van der Waals surface area contributed by atoms with Crippen LogP contribution in [-0.2, 0) is 5.41 Å². The lowest BCUT2D eigenvalue weighted by Gasteiger charge is -2.21. The van der Waals surface area contributed by atoms with Gasteiger partial charge < -0.3 is 4.74 Å². The van der Waals surface area contributed by atoms with E-state index in [1.165, 1.54) is 22.3 Å². The first-order valence-corrected chi connectivity index (χ1v) is 11.8. The Morgan fingerprint density at radius 2 is 1.23 bits per heavy atom. The molecule has 0 spiro atoms. The van der Waals surface area contributed by atoms with E-state index in [2.05, 4.69) is 112 Å². The normalized spacial score (nSPS) is 9.87. The van der Waals surface area contributed by atoms with Crippen molar-refractivity contribution in [2.24, 2.45) is 5.41 Å². The molecule has 2 rings (SSSR count). The molecule has 0 saturated heterocycles. The van der Waals surface area contributed by atoms with Gasteiger partial charge in [-0.2, -0.15) is 0 Å². The summed E-state index contributed by atoms with van der Waals surface area (Å²) in [7, 11) is 1.72. The number of thiol groups is 1. The van der Waals surface area contributed by atoms with Gasteiger partial charge in [0.1, 0.15) is 5.75 Å². The molecule has 0 aliphatic carbocycles. The lowest BCUT2D eigenvalue weighted by molar-refractivity contribution is 0.413. The van der Waals surface area contributed by atoms with Gasteiger partial charge in [-0.05, 0) is 64.3 Å². The molecule has 0 unspecified atom stereocenters. The quantitative estimate of drug-likeness (QED) is 0.356. The van der Waals surface area contributed by atoms with E-state index in [4.69, 9.17) is 4.74 Å². The summed E-state index contributed by atoms with van der Waals surface area (Å²) in [5, 5.41) is 0. The van der Waals surface area contributed by atoms with Gasteiger partial charge in [-0.1, -0.05) is 88.3 Å². The molecule has 2 heteroatoms. The van der Waals surface area contributed by atoms with E-state index in [1.54, 1.807) is 7.11 Å². The minimum atomic E-state index is 0.0979. The first-order chi connectivity index (χ1) is 14.3. The highest BCUT2D eigenvalue weighted by molar-refractivity contribution is 7.80. The number of rotatable bonds is 2. The summed E-state index contributed by atoms with van der Waals surface area (Å²) in [5.74, 6) is 0.904. The fourth-order valence-electron chi connectivity index (χ4n) is 2.28. The van der Waals surface area contributed by atoms with Crippen LogP contribution in [-0.4, -0.2) is 7.11 Å². The molecule has 0 saturated carbocycles. The van der Waals surface area contributed by atoms with Crippen molar-refractivity contribution in [1.82, 2.24) is 0 Å². The fourth-order valence-corrected chi connectivity index (χ4v) is 2.55. The number of methoxy groups -OCH3 is 1. The molecule has 0 aromatic heterocycles. The Balaban J connectivity index is -0.000000607. The van der Waals surface area contributed by atoms with Gasteiger partial charge in [0.05, 0.1) is 7.11 Å². The molecule has 2 aromatic rings. The lowest BCUT2D eigenvalue weighted by Crippen LogP contribution is -2.11. The molecule has 0 fully saturated rings. The molecule has 2 aromatic carbocycles. The monoisotopic (exact) mass is 446 g/mol. The second-order valence-corrected chi connectivity index (χ2v) is 9.72. The van der Waals surface area contributed by atoms with Crippen molar-refractivity contribution in [3.05, 3.63) is 60.7 Å². The van der Waals surface area contributed by atoms with Crippen LogP contribution >= 0.6 is 12.6 Å². The van der Waals surface area contributed by atoms with Gasteiger partial charge >= 0.3 is 0 Å². The second-order valence-electron chi connectivity index (χ2n) is 9.20. The molecule has 178 valence electrons. The second kappa shape index (κ2) is 17.0. The first-order valence-electron chi connectivity index (χ1n) is 11.3. The molecule has 1 nitrogen and oxygen atoms in total. The van der Waals surface area contributed by atoms with Crippen LogP contribution in [0.25, 0.3) is 11.1 Å². The van der Waals surface area contributed by atoms with Gasteiger partial charge in [0, 0.05) is 4.90 Å². The highest BCUT2D eigenvalue weighted by Gasteiger charge is 2.16. The molecule has 0 bridgehead atoms. The molecule has 0 atom stereocenters. The Kier molecular flexibility index (Phi) is 18.6. The minimum Gasteiger partial charge on any atom is -0.497 e. The van der Waals surface area contributed by atoms with Crippen molar-refractivity contribution in [2.75, 3.05) is 7.11 Å². The highest BCUT2D eigenvalue weighted by atomic mass is 32.1. The molecular formula is C29H50OS. The molecular weight excluding hydrogens is 396 g/mol. The van der Waals surface area contributed by atoms with Crippen molar-refractivity contribution in [1.29, 1.82) is 0 Å². The summed E-state index contributed by atoms with van der Waals surface area (Å²) < 4.78 is 5.46. The van der Waals surface area contributed by atoms with Gasteiger partial charge in [-0.15, -0.1) is 25.8 Å². The summed E-state index contributed by atoms with van der Waals surface area (Å²) in [6.07, 6.45) is 0. The maximum atomic E-state index is 5.46. The molecule has 0 aliphatic heterocycles. The fraction of sp³-hybridized carbons (Fsp3) is 0.517. The topological polar surface area (TPSA) is 9.23 Å². The van der Waals surface area contributed by atoms with Crippen LogP contribution in [0.5, 0.6) is 5.75 Å². The standard InChI is InChI=1S/C18H22OS.C5H12.2C2H6.C2H4/c1-12-8-16(20)6-7-17(12)13-9-14(18(2,3)4)11-15(10-13)19-5;1-5(2,3)4;3*1-2/h6-11,20H,1-5H3;1-4H3;2*1-2H3;1-2H2. The summed E-state index contributed by atoms with van der Waals surface area (Å²) in [5.41, 5.74) is 5.53. The van der Waals surface area contributed by atoms with Crippen LogP contribution < -0.4 is 4.74 Å². The van der Waals surface area contributed by atoms with Crippen LogP contribution in [0, 0.1) is 12.3 Å². The Bertz CT molecular complexity index is 712. The lowest BCUT2D eigenvalue weighted by atomic mass is 9.85. The molecule has 0 amide bonds. The van der Waals surface area contributed by atoms with Crippen LogP contribution in [0.15, 0.2) is 54.5 Å². The van der Waals surface area contributed by atoms with Gasteiger partial charge in [0.15, 0.2) is 0 Å². The zero-order valence-electron chi connectivity index (χ0n) is 22.7. The third-order valence-corrected chi connectivity index (χ3v) is 3.81. The van der Waals surface area contributed by atoms with Crippen molar-refractivity contribution in [2.45, 2.75) is 93.4 Å². The van der Waals surface area contributed by atoms with Crippen molar-refractivity contribution < 1.29 is 4.74 Å². The first kappa shape index (κ1) is 34.0. The van der Waals surface area contributed by atoms with Crippen LogP contribution in [0.3, 0.4) is 0 Å². The van der Waals surface area contributed by atoms with E-state index in [0.29, 0.717) is 5.41 Å². The molecule has 31 heavy (non-hydrogen) atoms. The Hall–Kier alpha value is -1.67. The van der Waals surface area contributed by atoms with Crippen molar-refractivity contribution in [3.8, 4) is 16.9 Å². The summed E-state index contributed by atoms with van der Waals surface area (Å²) in [4.78, 5) is 0.991. The van der Waals surface area contributed by atoms with Crippen LogP contribution in [0.2, 0.25) is 0 Å². The molecule has 0 N–H and O–H groups in total. The van der Waals surface area contributed by atoms with E-state index in [9.17, 15) is 0 Å². The Morgan fingerprint density at radius 1 is 0.774 bits per heavy atom. The van der Waals surface area contributed by atoms with Crippen molar-refractivity contribution >= 4 is 12.6 Å². The molecule has 0 aliphatic rings. The summed E-state index contributed by atoms with van der Waals surface area (Å²) >= 11 is 4.39. The van der Waals surface area contributed by atoms with Crippen LogP contribution in [0.1, 0.15) is 87.3 Å². The highest BCUT2D eigenvalue weighted by Crippen LogP contribution is 2.33. The zero-order valence-corrected chi connectivity index (χ0v) is 23.6. The number of aryl methyl sites for hydroxylation is 1. The summed E-state index contributed by atoms with van der Waals surface area (Å²) in [6, 6.07) is 12.7. The molecule has 0 heterocycles. The van der Waals surface area contributed by atoms with E-state index in [1.807, 2.05) is 33.8 Å². The zero-order chi connectivity index (χ0) is 25.4. The molecule has 0 radical (unpaired) electrons. The van der Waals surface area contributed by atoms with E-state index < -0.39 is 0 Å². The summed E-state index contributed by atoms with van der Waals surface area (Å²) in [6.45, 7) is 31.5. The number of hydrogen-bond donors (Lipinski definition) is 1. The SMILES string of the molecule is C=C.CC.CC.CC(C)(C)C.COc1cc(-c2ccc(S)cc2C)cc(C(C)(C)C)c1. The van der Waals surface area contributed by atoms with E-state index >= 15 is 0 Å². The number of benzene rings is 2. The average Bonchev–Trinajstić information content (AvgIpc) is 2.70. The van der Waals surface area contributed by atoms with Gasteiger partial charge in [-0.3, -0.25) is 0 Å². The number of ether oxygens (including phenoxy) is 1. The Labute approximate surface area is 200 Å². The maximum Gasteiger partial charge on any atom is 0.119 e. The van der Waals surface area contributed by atoms with Crippen LogP contribution in [0.4, 0.5) is 0 Å². The smallest absolute Gasteiger partial charge is 0.119 e. The van der Waals surface area contributed by atoms with E-state index in [0.717, 1.165) is 10.6 Å². The third-order valence-electron chi connectivity index (χ3n) is 3.53. The largest absolute Gasteiger partial charge is 0.497 e. The van der Waals surface area contributed by atoms with Gasteiger partial charge in [0.25, 0.3) is 0 Å². The predicted octanol–water partition coefficient (Wildman–Crippen LogP) is 10.2. The predicted molar refractivity (Wildman–Crippen MR) is 148 cm³/mol. The van der Waals surface area contributed by atoms with Crippen molar-refractivity contribution in [3.63, 3.8) is 0 Å². The van der Waals surface area contributed by atoms with E-state index in [-0.39, 0.29) is 5.41 Å². The van der Waals surface area contributed by atoms with Gasteiger partial charge in [0.2, 0.25) is 0 Å². The average molecular weight is 447 g/mol. The van der Waals surface area contributed by atoms with Gasteiger partial charge in [-0.25, -0.2) is 0 Å². The Morgan fingerprint density at radius 3 is 1.58 bits per heavy atom.